The van der Waals surface area contributed by atoms with Crippen LogP contribution in [0, 0.1) is 0 Å². The molecular formula is C10H22BaO. The van der Waals surface area contributed by atoms with E-state index in [1.165, 1.54) is 38.5 Å². The normalized spacial score (nSPS) is 9.50. The molecule has 0 aliphatic heterocycles. The number of hydrogen-bond donors (Lipinski definition) is 0. The Kier molecular flexibility index (Phi) is 20.0. The summed E-state index contributed by atoms with van der Waals surface area (Å²) in [5.41, 5.74) is 0. The second-order valence-corrected chi connectivity index (χ2v) is 3.03. The zero-order valence-corrected chi connectivity index (χ0v) is 13.2. The Morgan fingerprint density at radius 1 is 0.750 bits per heavy atom. The molecule has 70 valence electrons. The van der Waals surface area contributed by atoms with Crippen LogP contribution in [0.5, 0.6) is 0 Å². The summed E-state index contributed by atoms with van der Waals surface area (Å²) in [6.07, 6.45) is 7.68. The molecule has 0 aliphatic rings. The minimum atomic E-state index is 0. The predicted octanol–water partition coefficient (Wildman–Crippen LogP) is 3.00. The SMILES string of the molecule is CCCCCOCCCCC.[Ba]. The maximum absolute atomic E-state index is 5.44. The maximum Gasteiger partial charge on any atom is 0.0466 e. The van der Waals surface area contributed by atoms with E-state index in [2.05, 4.69) is 13.8 Å². The summed E-state index contributed by atoms with van der Waals surface area (Å²) >= 11 is 0. The van der Waals surface area contributed by atoms with Crippen molar-refractivity contribution in [2.24, 2.45) is 0 Å². The summed E-state index contributed by atoms with van der Waals surface area (Å²) in [5.74, 6) is 0. The largest absolute Gasteiger partial charge is 0.381 e. The fourth-order valence-electron chi connectivity index (χ4n) is 1.01. The molecule has 0 aromatic heterocycles. The van der Waals surface area contributed by atoms with Crippen molar-refractivity contribution < 1.29 is 4.74 Å². The molecule has 0 N–H and O–H groups in total. The van der Waals surface area contributed by atoms with Gasteiger partial charge in [0.15, 0.2) is 0 Å². The van der Waals surface area contributed by atoms with Crippen molar-refractivity contribution in [3.63, 3.8) is 0 Å². The molecule has 0 aromatic rings. The molecule has 12 heavy (non-hydrogen) atoms. The van der Waals surface area contributed by atoms with Crippen molar-refractivity contribution in [2.75, 3.05) is 13.2 Å². The first-order chi connectivity index (χ1) is 5.41. The van der Waals surface area contributed by atoms with Gasteiger partial charge in [-0.3, -0.25) is 0 Å². The molecule has 0 fully saturated rings. The van der Waals surface area contributed by atoms with Crippen molar-refractivity contribution in [2.45, 2.75) is 52.4 Å². The van der Waals surface area contributed by atoms with Gasteiger partial charge in [0, 0.05) is 62.1 Å². The number of unbranched alkanes of at least 4 members (excludes halogenated alkanes) is 4. The van der Waals surface area contributed by atoms with Crippen LogP contribution in [0.4, 0.5) is 0 Å². The van der Waals surface area contributed by atoms with Crippen LogP contribution in [0.25, 0.3) is 0 Å². The zero-order valence-electron chi connectivity index (χ0n) is 8.77. The van der Waals surface area contributed by atoms with Crippen molar-refractivity contribution in [3.05, 3.63) is 0 Å². The Morgan fingerprint density at radius 3 is 1.50 bits per heavy atom. The van der Waals surface area contributed by atoms with Gasteiger partial charge in [-0.2, -0.15) is 0 Å². The van der Waals surface area contributed by atoms with Gasteiger partial charge in [0.1, 0.15) is 0 Å². The van der Waals surface area contributed by atoms with Crippen LogP contribution in [0.15, 0.2) is 0 Å². The van der Waals surface area contributed by atoms with Crippen LogP contribution in [-0.2, 0) is 4.74 Å². The van der Waals surface area contributed by atoms with Crippen LogP contribution in [0.1, 0.15) is 52.4 Å². The maximum atomic E-state index is 5.44. The molecule has 0 atom stereocenters. The van der Waals surface area contributed by atoms with Gasteiger partial charge in [0.25, 0.3) is 0 Å². The van der Waals surface area contributed by atoms with E-state index < -0.39 is 0 Å². The fraction of sp³-hybridized carbons (Fsp3) is 1.00. The van der Waals surface area contributed by atoms with Crippen LogP contribution in [0.2, 0.25) is 0 Å². The average molecular weight is 296 g/mol. The smallest absolute Gasteiger partial charge is 0.0466 e. The second-order valence-electron chi connectivity index (χ2n) is 3.03. The quantitative estimate of drug-likeness (QED) is 0.494. The molecule has 0 spiro atoms. The van der Waals surface area contributed by atoms with Crippen LogP contribution >= 0.6 is 0 Å². The number of hydrogen-bond acceptors (Lipinski definition) is 1. The standard InChI is InChI=1S/C10H22O.Ba/c1-3-5-7-9-11-10-8-6-4-2;/h3-10H2,1-2H3;. The van der Waals surface area contributed by atoms with E-state index in [1.807, 2.05) is 0 Å². The van der Waals surface area contributed by atoms with Crippen LogP contribution in [0.3, 0.4) is 0 Å². The summed E-state index contributed by atoms with van der Waals surface area (Å²) in [5, 5.41) is 0. The van der Waals surface area contributed by atoms with E-state index in [-0.39, 0.29) is 48.9 Å². The third-order valence-electron chi connectivity index (χ3n) is 1.78. The third kappa shape index (κ3) is 14.1. The number of rotatable bonds is 8. The minimum absolute atomic E-state index is 0. The summed E-state index contributed by atoms with van der Waals surface area (Å²) in [7, 11) is 0. The predicted molar refractivity (Wildman–Crippen MR) is 55.6 cm³/mol. The molecule has 0 saturated heterocycles. The van der Waals surface area contributed by atoms with Gasteiger partial charge in [-0.15, -0.1) is 0 Å². The molecule has 0 bridgehead atoms. The Balaban J connectivity index is 0. The molecule has 0 rings (SSSR count). The zero-order chi connectivity index (χ0) is 8.36. The summed E-state index contributed by atoms with van der Waals surface area (Å²) in [6.45, 7) is 6.38. The molecular weight excluding hydrogens is 273 g/mol. The van der Waals surface area contributed by atoms with Gasteiger partial charge >= 0.3 is 0 Å². The Labute approximate surface area is 118 Å². The van der Waals surface area contributed by atoms with E-state index in [9.17, 15) is 0 Å². The van der Waals surface area contributed by atoms with Crippen molar-refractivity contribution in [1.29, 1.82) is 0 Å². The van der Waals surface area contributed by atoms with Crippen LogP contribution in [-0.4, -0.2) is 62.1 Å². The molecule has 0 aliphatic carbocycles. The van der Waals surface area contributed by atoms with Gasteiger partial charge < -0.3 is 4.74 Å². The summed E-state index contributed by atoms with van der Waals surface area (Å²) in [4.78, 5) is 0. The van der Waals surface area contributed by atoms with E-state index in [0.29, 0.717) is 0 Å². The molecule has 0 saturated carbocycles. The Bertz CT molecular complexity index is 58.9. The first-order valence-corrected chi connectivity index (χ1v) is 4.99. The van der Waals surface area contributed by atoms with Gasteiger partial charge in [-0.05, 0) is 12.8 Å². The van der Waals surface area contributed by atoms with E-state index >= 15 is 0 Å². The fourth-order valence-corrected chi connectivity index (χ4v) is 1.01. The first-order valence-electron chi connectivity index (χ1n) is 4.99. The van der Waals surface area contributed by atoms with E-state index in [0.717, 1.165) is 13.2 Å². The van der Waals surface area contributed by atoms with Crippen molar-refractivity contribution in [1.82, 2.24) is 0 Å². The topological polar surface area (TPSA) is 9.23 Å². The van der Waals surface area contributed by atoms with Gasteiger partial charge in [0.05, 0.1) is 0 Å². The average Bonchev–Trinajstić information content (AvgIpc) is 2.03. The van der Waals surface area contributed by atoms with Gasteiger partial charge in [-0.1, -0.05) is 39.5 Å². The van der Waals surface area contributed by atoms with Gasteiger partial charge in [-0.25, -0.2) is 0 Å². The van der Waals surface area contributed by atoms with E-state index in [4.69, 9.17) is 4.74 Å². The second kappa shape index (κ2) is 15.0. The molecule has 2 heteroatoms. The molecule has 0 heterocycles. The molecule has 0 amide bonds. The molecule has 0 aromatic carbocycles. The molecule has 1 nitrogen and oxygen atoms in total. The third-order valence-corrected chi connectivity index (χ3v) is 1.78. The first kappa shape index (κ1) is 16.0. The van der Waals surface area contributed by atoms with Gasteiger partial charge in [0.2, 0.25) is 0 Å². The molecule has 2 radical (unpaired) electrons. The van der Waals surface area contributed by atoms with Crippen molar-refractivity contribution >= 4 is 48.9 Å². The monoisotopic (exact) mass is 296 g/mol. The minimum Gasteiger partial charge on any atom is -0.381 e. The summed E-state index contributed by atoms with van der Waals surface area (Å²) in [6, 6.07) is 0. The Hall–Kier alpha value is 1.53. The van der Waals surface area contributed by atoms with Crippen LogP contribution < -0.4 is 0 Å². The molecule has 0 unspecified atom stereocenters. The van der Waals surface area contributed by atoms with E-state index in [1.54, 1.807) is 0 Å². The van der Waals surface area contributed by atoms with Crippen molar-refractivity contribution in [3.8, 4) is 0 Å². The number of ether oxygens (including phenoxy) is 1. The Morgan fingerprint density at radius 2 is 1.17 bits per heavy atom. The summed E-state index contributed by atoms with van der Waals surface area (Å²) < 4.78 is 5.44.